The number of ether oxygens (including phenoxy) is 2. The Hall–Kier alpha value is -1.86. The minimum Gasteiger partial charge on any atom is -0.475 e. The number of rotatable bonds is 6. The largest absolute Gasteiger partial charge is 0.475 e. The molecule has 1 fully saturated rings. The lowest BCUT2D eigenvalue weighted by Gasteiger charge is -2.14. The lowest BCUT2D eigenvalue weighted by Crippen LogP contribution is -2.09. The summed E-state index contributed by atoms with van der Waals surface area (Å²) in [6.45, 7) is 5.59. The standard InChI is InChI=1S/C17H19ClN2O4S/c1-10(2)23-16-11(3)17(20-9-19-16)24-15-7-6-13(8-14(15)18)25(21,22)12-4-5-12/h6-10,12H,4-5H2,1-3H3. The average Bonchev–Trinajstić information content (AvgIpc) is 3.37. The number of nitrogens with zero attached hydrogens (tertiary/aromatic N) is 2. The van der Waals surface area contributed by atoms with Crippen LogP contribution in [0.1, 0.15) is 32.3 Å². The Morgan fingerprint density at radius 1 is 1.20 bits per heavy atom. The molecule has 0 radical (unpaired) electrons. The second-order valence-corrected chi connectivity index (χ2v) is 8.85. The van der Waals surface area contributed by atoms with E-state index in [-0.39, 0.29) is 21.3 Å². The molecule has 1 aromatic heterocycles. The fraction of sp³-hybridized carbons (Fsp3) is 0.412. The number of aromatic nitrogens is 2. The van der Waals surface area contributed by atoms with E-state index in [0.29, 0.717) is 35.9 Å². The summed E-state index contributed by atoms with van der Waals surface area (Å²) in [5.41, 5.74) is 0.641. The Kier molecular flexibility index (Phi) is 4.88. The Bertz CT molecular complexity index is 896. The normalized spacial score (nSPS) is 14.6. The molecule has 0 N–H and O–H groups in total. The van der Waals surface area contributed by atoms with Gasteiger partial charge in [0, 0.05) is 0 Å². The summed E-state index contributed by atoms with van der Waals surface area (Å²) < 4.78 is 35.9. The molecular formula is C17H19ClN2O4S. The molecule has 2 aromatic rings. The van der Waals surface area contributed by atoms with E-state index in [1.165, 1.54) is 18.5 Å². The molecule has 0 bridgehead atoms. The second-order valence-electron chi connectivity index (χ2n) is 6.21. The van der Waals surface area contributed by atoms with Crippen molar-refractivity contribution < 1.29 is 17.9 Å². The number of halogens is 1. The van der Waals surface area contributed by atoms with E-state index in [0.717, 1.165) is 0 Å². The first-order valence-corrected chi connectivity index (χ1v) is 9.91. The zero-order chi connectivity index (χ0) is 18.2. The van der Waals surface area contributed by atoms with E-state index in [1.807, 2.05) is 13.8 Å². The third-order valence-electron chi connectivity index (χ3n) is 3.74. The van der Waals surface area contributed by atoms with Crippen LogP contribution in [-0.4, -0.2) is 29.7 Å². The summed E-state index contributed by atoms with van der Waals surface area (Å²) in [7, 11) is -3.29. The van der Waals surface area contributed by atoms with Gasteiger partial charge in [-0.2, -0.15) is 0 Å². The maximum Gasteiger partial charge on any atom is 0.229 e. The van der Waals surface area contributed by atoms with E-state index in [2.05, 4.69) is 9.97 Å². The molecule has 25 heavy (non-hydrogen) atoms. The Labute approximate surface area is 152 Å². The summed E-state index contributed by atoms with van der Waals surface area (Å²) in [5.74, 6) is 1.07. The van der Waals surface area contributed by atoms with Crippen LogP contribution in [-0.2, 0) is 9.84 Å². The quantitative estimate of drug-likeness (QED) is 0.752. The molecule has 0 atom stereocenters. The molecule has 6 nitrogen and oxygen atoms in total. The van der Waals surface area contributed by atoms with Gasteiger partial charge in [-0.1, -0.05) is 11.6 Å². The molecular weight excluding hydrogens is 364 g/mol. The third kappa shape index (κ3) is 3.88. The van der Waals surface area contributed by atoms with Crippen LogP contribution in [0, 0.1) is 6.92 Å². The SMILES string of the molecule is Cc1c(Oc2ccc(S(=O)(=O)C3CC3)cc2Cl)ncnc1OC(C)C. The van der Waals surface area contributed by atoms with Crippen LogP contribution in [0.5, 0.6) is 17.5 Å². The van der Waals surface area contributed by atoms with Gasteiger partial charge in [0.05, 0.1) is 26.8 Å². The van der Waals surface area contributed by atoms with Crippen LogP contribution in [0.3, 0.4) is 0 Å². The fourth-order valence-electron chi connectivity index (χ4n) is 2.28. The number of hydrogen-bond acceptors (Lipinski definition) is 6. The van der Waals surface area contributed by atoms with Crippen molar-refractivity contribution in [3.05, 3.63) is 35.1 Å². The van der Waals surface area contributed by atoms with Crippen LogP contribution in [0.25, 0.3) is 0 Å². The van der Waals surface area contributed by atoms with Crippen molar-refractivity contribution in [2.24, 2.45) is 0 Å². The Morgan fingerprint density at radius 3 is 2.48 bits per heavy atom. The minimum absolute atomic E-state index is 0.0306. The van der Waals surface area contributed by atoms with Crippen LogP contribution >= 0.6 is 11.6 Å². The van der Waals surface area contributed by atoms with Crippen LogP contribution in [0.15, 0.2) is 29.4 Å². The van der Waals surface area contributed by atoms with Crippen molar-refractivity contribution in [2.75, 3.05) is 0 Å². The van der Waals surface area contributed by atoms with Crippen molar-refractivity contribution in [3.63, 3.8) is 0 Å². The molecule has 1 heterocycles. The highest BCUT2D eigenvalue weighted by atomic mass is 35.5. The zero-order valence-corrected chi connectivity index (χ0v) is 15.8. The van der Waals surface area contributed by atoms with Gasteiger partial charge >= 0.3 is 0 Å². The third-order valence-corrected chi connectivity index (χ3v) is 6.30. The maximum atomic E-state index is 12.3. The summed E-state index contributed by atoms with van der Waals surface area (Å²) in [5, 5.41) is -0.0683. The van der Waals surface area contributed by atoms with Crippen molar-refractivity contribution in [1.82, 2.24) is 9.97 Å². The lowest BCUT2D eigenvalue weighted by molar-refractivity contribution is 0.229. The smallest absolute Gasteiger partial charge is 0.229 e. The predicted molar refractivity (Wildman–Crippen MR) is 94.3 cm³/mol. The van der Waals surface area contributed by atoms with Gasteiger partial charge in [0.15, 0.2) is 9.84 Å². The second kappa shape index (κ2) is 6.80. The summed E-state index contributed by atoms with van der Waals surface area (Å²) >= 11 is 6.22. The molecule has 134 valence electrons. The number of benzene rings is 1. The van der Waals surface area contributed by atoms with Crippen molar-refractivity contribution in [1.29, 1.82) is 0 Å². The average molecular weight is 383 g/mol. The highest BCUT2D eigenvalue weighted by Gasteiger charge is 2.37. The number of hydrogen-bond donors (Lipinski definition) is 0. The van der Waals surface area contributed by atoms with E-state index in [1.54, 1.807) is 13.0 Å². The topological polar surface area (TPSA) is 78.4 Å². The highest BCUT2D eigenvalue weighted by Crippen LogP contribution is 2.38. The molecule has 0 spiro atoms. The summed E-state index contributed by atoms with van der Waals surface area (Å²) in [4.78, 5) is 8.41. The molecule has 1 aliphatic carbocycles. The summed E-state index contributed by atoms with van der Waals surface area (Å²) in [6, 6.07) is 4.48. The van der Waals surface area contributed by atoms with Crippen molar-refractivity contribution in [3.8, 4) is 17.5 Å². The van der Waals surface area contributed by atoms with Gasteiger partial charge in [0.1, 0.15) is 12.1 Å². The molecule has 0 unspecified atom stereocenters. The van der Waals surface area contributed by atoms with Gasteiger partial charge in [-0.05, 0) is 51.8 Å². The van der Waals surface area contributed by atoms with Gasteiger partial charge in [0.25, 0.3) is 0 Å². The van der Waals surface area contributed by atoms with Crippen molar-refractivity contribution in [2.45, 2.75) is 49.9 Å². The van der Waals surface area contributed by atoms with Crippen LogP contribution in [0.2, 0.25) is 5.02 Å². The number of sulfone groups is 1. The van der Waals surface area contributed by atoms with Gasteiger partial charge in [-0.3, -0.25) is 0 Å². The molecule has 8 heteroatoms. The molecule has 0 saturated heterocycles. The zero-order valence-electron chi connectivity index (χ0n) is 14.2. The van der Waals surface area contributed by atoms with Gasteiger partial charge in [-0.15, -0.1) is 0 Å². The van der Waals surface area contributed by atoms with E-state index in [9.17, 15) is 8.42 Å². The lowest BCUT2D eigenvalue weighted by atomic mass is 10.3. The first-order chi connectivity index (χ1) is 11.8. The highest BCUT2D eigenvalue weighted by molar-refractivity contribution is 7.92. The monoisotopic (exact) mass is 382 g/mol. The van der Waals surface area contributed by atoms with E-state index < -0.39 is 9.84 Å². The van der Waals surface area contributed by atoms with E-state index >= 15 is 0 Å². The minimum atomic E-state index is -3.29. The van der Waals surface area contributed by atoms with Gasteiger partial charge in [0.2, 0.25) is 11.8 Å². The Morgan fingerprint density at radius 2 is 1.88 bits per heavy atom. The molecule has 1 aromatic carbocycles. The van der Waals surface area contributed by atoms with Gasteiger partial charge in [-0.25, -0.2) is 18.4 Å². The molecule has 0 aliphatic heterocycles. The molecule has 3 rings (SSSR count). The Balaban J connectivity index is 1.86. The molecule has 0 amide bonds. The van der Waals surface area contributed by atoms with Gasteiger partial charge < -0.3 is 9.47 Å². The predicted octanol–water partition coefficient (Wildman–Crippen LogP) is 3.95. The summed E-state index contributed by atoms with van der Waals surface area (Å²) in [6.07, 6.45) is 2.73. The van der Waals surface area contributed by atoms with Crippen LogP contribution < -0.4 is 9.47 Å². The first kappa shape index (κ1) is 17.9. The van der Waals surface area contributed by atoms with Crippen LogP contribution in [0.4, 0.5) is 0 Å². The molecule has 1 saturated carbocycles. The maximum absolute atomic E-state index is 12.3. The fourth-order valence-corrected chi connectivity index (χ4v) is 4.25. The van der Waals surface area contributed by atoms with E-state index in [4.69, 9.17) is 21.1 Å². The van der Waals surface area contributed by atoms with Crippen molar-refractivity contribution >= 4 is 21.4 Å². The molecule has 1 aliphatic rings. The first-order valence-electron chi connectivity index (χ1n) is 7.98.